The summed E-state index contributed by atoms with van der Waals surface area (Å²) in [6, 6.07) is 2.58. The number of likely N-dealkylation sites (N-methyl/N-ethyl adjacent to an activating group) is 1. The minimum Gasteiger partial charge on any atom is -0.496 e. The quantitative estimate of drug-likeness (QED) is 0.187. The number of rotatable bonds is 10. The molecule has 14 nitrogen and oxygen atoms in total. The van der Waals surface area contributed by atoms with Crippen LogP contribution in [0.5, 0.6) is 5.75 Å². The van der Waals surface area contributed by atoms with Gasteiger partial charge in [0.2, 0.25) is 5.91 Å². The molecular weight excluding hydrogens is 647 g/mol. The van der Waals surface area contributed by atoms with Gasteiger partial charge in [0, 0.05) is 19.6 Å². The monoisotopic (exact) mass is 698 g/mol. The van der Waals surface area contributed by atoms with Crippen molar-refractivity contribution >= 4 is 36.8 Å². The maximum absolute atomic E-state index is 14.0. The van der Waals surface area contributed by atoms with Crippen LogP contribution in [-0.2, 0) is 34.9 Å². The number of nitrogens with one attached hydrogen (secondary N) is 2. The van der Waals surface area contributed by atoms with Gasteiger partial charge in [0.25, 0.3) is 0 Å². The molecule has 1 aromatic carbocycles. The molecule has 50 heavy (non-hydrogen) atoms. The molecule has 3 N–H and O–H groups in total. The summed E-state index contributed by atoms with van der Waals surface area (Å²) in [6.07, 6.45) is 0.312. The molecule has 0 radical (unpaired) electrons. The Bertz CT molecular complexity index is 1530. The average molecular weight is 699 g/mol. The van der Waals surface area contributed by atoms with Crippen molar-refractivity contribution in [2.24, 2.45) is 17.3 Å². The lowest BCUT2D eigenvalue weighted by Crippen LogP contribution is -2.65. The van der Waals surface area contributed by atoms with Gasteiger partial charge >= 0.3 is 30.9 Å². The number of aliphatic hydroxyl groups excluding tert-OH is 1. The molecule has 2 saturated heterocycles. The molecule has 1 unspecified atom stereocenters. The van der Waals surface area contributed by atoms with Crippen molar-refractivity contribution in [3.05, 3.63) is 29.3 Å². The maximum atomic E-state index is 14.0. The van der Waals surface area contributed by atoms with Crippen LogP contribution < -0.4 is 15.4 Å². The number of aliphatic hydroxyl groups is 1. The molecule has 274 valence electrons. The van der Waals surface area contributed by atoms with Gasteiger partial charge in [-0.2, -0.15) is 0 Å². The fourth-order valence-electron chi connectivity index (χ4n) is 8.06. The molecular formula is C35H51BN4O10. The Morgan fingerprint density at radius 2 is 1.80 bits per heavy atom. The first-order valence-corrected chi connectivity index (χ1v) is 17.4. The van der Waals surface area contributed by atoms with Gasteiger partial charge in [-0.15, -0.1) is 0 Å². The zero-order valence-corrected chi connectivity index (χ0v) is 30.5. The van der Waals surface area contributed by atoms with Crippen molar-refractivity contribution < 1.29 is 47.9 Å². The van der Waals surface area contributed by atoms with Crippen molar-refractivity contribution in [1.82, 2.24) is 20.4 Å². The van der Waals surface area contributed by atoms with Crippen LogP contribution in [0.15, 0.2) is 18.2 Å². The van der Waals surface area contributed by atoms with Crippen LogP contribution in [0.4, 0.5) is 4.79 Å². The number of carbonyl (C=O) groups excluding carboxylic acids is 5. The summed E-state index contributed by atoms with van der Waals surface area (Å²) < 4.78 is 24.6. The highest BCUT2D eigenvalue weighted by Gasteiger charge is 2.68. The number of ether oxygens (including phenoxy) is 2. The highest BCUT2D eigenvalue weighted by Crippen LogP contribution is 2.65. The highest BCUT2D eigenvalue weighted by molar-refractivity contribution is 6.48. The van der Waals surface area contributed by atoms with Crippen molar-refractivity contribution in [3.8, 4) is 5.75 Å². The van der Waals surface area contributed by atoms with Crippen LogP contribution in [0.1, 0.15) is 84.2 Å². The molecule has 5 amide bonds. The lowest BCUT2D eigenvalue weighted by atomic mass is 9.43. The third-order valence-corrected chi connectivity index (χ3v) is 11.0. The lowest BCUT2D eigenvalue weighted by molar-refractivity contribution is -0.199. The summed E-state index contributed by atoms with van der Waals surface area (Å²) in [5, 5.41) is 16.1. The van der Waals surface area contributed by atoms with E-state index in [9.17, 15) is 29.1 Å². The number of hydrogen-bond acceptors (Lipinski definition) is 10. The van der Waals surface area contributed by atoms with E-state index in [-0.39, 0.29) is 48.3 Å². The van der Waals surface area contributed by atoms with E-state index in [1.165, 1.54) is 18.9 Å². The molecule has 2 heterocycles. The number of benzene rings is 1. The smallest absolute Gasteiger partial charge is 0.482 e. The molecule has 2 bridgehead atoms. The van der Waals surface area contributed by atoms with E-state index in [0.717, 1.165) is 17.7 Å². The fraction of sp³-hybridized carbons (Fsp3) is 0.686. The lowest BCUT2D eigenvalue weighted by Gasteiger charge is -2.64. The Kier molecular flexibility index (Phi) is 10.4. The van der Waals surface area contributed by atoms with E-state index in [0.29, 0.717) is 18.0 Å². The number of carbonyl (C=O) groups is 5. The fourth-order valence-corrected chi connectivity index (χ4v) is 8.06. The van der Waals surface area contributed by atoms with Gasteiger partial charge in [0.05, 0.1) is 30.9 Å². The molecule has 3 aliphatic carbocycles. The molecule has 2 aliphatic heterocycles. The predicted molar refractivity (Wildman–Crippen MR) is 182 cm³/mol. The van der Waals surface area contributed by atoms with E-state index in [1.54, 1.807) is 45.9 Å². The Hall–Kier alpha value is -3.69. The van der Waals surface area contributed by atoms with Gasteiger partial charge in [0.1, 0.15) is 23.0 Å². The van der Waals surface area contributed by atoms with Crippen molar-refractivity contribution in [1.29, 1.82) is 0 Å². The number of nitrogens with zero attached hydrogens (tertiary/aromatic N) is 2. The first-order valence-electron chi connectivity index (χ1n) is 17.4. The summed E-state index contributed by atoms with van der Waals surface area (Å²) >= 11 is 0. The molecule has 7 atom stereocenters. The predicted octanol–water partition coefficient (Wildman–Crippen LogP) is 2.10. The number of urea groups is 1. The van der Waals surface area contributed by atoms with Gasteiger partial charge in [0.15, 0.2) is 0 Å². The average Bonchev–Trinajstić information content (AvgIpc) is 3.40. The van der Waals surface area contributed by atoms with Gasteiger partial charge in [-0.05, 0) is 89.7 Å². The van der Waals surface area contributed by atoms with Gasteiger partial charge in [-0.1, -0.05) is 26.0 Å². The van der Waals surface area contributed by atoms with E-state index < -0.39 is 66.1 Å². The molecule has 5 aliphatic rings. The van der Waals surface area contributed by atoms with Crippen LogP contribution in [-0.4, -0.2) is 114 Å². The maximum Gasteiger partial charge on any atom is 0.482 e. The molecule has 0 aromatic heterocycles. The zero-order chi connectivity index (χ0) is 36.9. The number of para-hydroxylation sites is 1. The van der Waals surface area contributed by atoms with E-state index >= 15 is 0 Å². The second-order valence-corrected chi connectivity index (χ2v) is 15.7. The van der Waals surface area contributed by atoms with Crippen LogP contribution in [0.3, 0.4) is 0 Å². The van der Waals surface area contributed by atoms with Crippen LogP contribution >= 0.6 is 0 Å². The summed E-state index contributed by atoms with van der Waals surface area (Å²) in [7, 11) is 0.518. The second kappa shape index (κ2) is 13.8. The second-order valence-electron chi connectivity index (χ2n) is 15.7. The number of methoxy groups -OCH3 is 1. The third-order valence-electron chi connectivity index (χ3n) is 11.0. The van der Waals surface area contributed by atoms with E-state index in [1.807, 2.05) is 0 Å². The number of esters is 1. The van der Waals surface area contributed by atoms with Gasteiger partial charge in [-0.3, -0.25) is 19.3 Å². The van der Waals surface area contributed by atoms with Crippen molar-refractivity contribution in [3.63, 3.8) is 0 Å². The molecule has 15 heteroatoms. The van der Waals surface area contributed by atoms with E-state index in [2.05, 4.69) is 31.4 Å². The minimum absolute atomic E-state index is 0.0585. The van der Waals surface area contributed by atoms with Crippen LogP contribution in [0, 0.1) is 17.3 Å². The summed E-state index contributed by atoms with van der Waals surface area (Å²) in [5.74, 6) is -3.05. The normalized spacial score (nSPS) is 27.5. The van der Waals surface area contributed by atoms with E-state index in [4.69, 9.17) is 18.8 Å². The Balaban J connectivity index is 1.42. The Morgan fingerprint density at radius 3 is 2.40 bits per heavy atom. The number of piperazine rings is 1. The zero-order valence-electron chi connectivity index (χ0n) is 30.5. The molecule has 6 rings (SSSR count). The summed E-state index contributed by atoms with van der Waals surface area (Å²) in [4.78, 5) is 67.6. The minimum atomic E-state index is -1.50. The molecule has 3 saturated carbocycles. The topological polar surface area (TPSA) is 173 Å². The SMILES string of the molecule is CCN1CCN(C(=O)N[C@@H](C(=O)N[C@@H](Cc2cccc(C(=O)OC(C)(C)C)c2OC)B2OC3C[C@@H]4C[C@@H](C4(C)C)[C@]3(C)O2)[C@@H](C)O)C(=O)C1=O. The standard InChI is InChI=1S/C35H51BN4O10/c1-10-39-14-15-40(30(44)29(39)43)32(46)38-26(19(2)41)28(42)37-25(36-49-24-18-21-17-23(34(21,6)7)35(24,8)50-36)16-20-12-11-13-22(27(20)47-9)31(45)48-33(3,4)5/h11-13,19,21,23-26,41H,10,14-18H2,1-9H3,(H,37,42)(H,38,46)/t19-,21+,23+,24?,25+,26-,35+/m1/s1. The van der Waals surface area contributed by atoms with Gasteiger partial charge in [-0.25, -0.2) is 9.59 Å². The summed E-state index contributed by atoms with van der Waals surface area (Å²) in [5.41, 5.74) is -0.523. The van der Waals surface area contributed by atoms with Crippen LogP contribution in [0.2, 0.25) is 0 Å². The molecule has 1 aromatic rings. The largest absolute Gasteiger partial charge is 0.496 e. The Labute approximate surface area is 294 Å². The van der Waals surface area contributed by atoms with Gasteiger partial charge < -0.3 is 39.4 Å². The van der Waals surface area contributed by atoms with Crippen molar-refractivity contribution in [2.45, 2.75) is 110 Å². The number of amides is 5. The molecule has 0 spiro atoms. The van der Waals surface area contributed by atoms with Crippen molar-refractivity contribution in [2.75, 3.05) is 26.7 Å². The highest BCUT2D eigenvalue weighted by atomic mass is 16.7. The Morgan fingerprint density at radius 1 is 1.10 bits per heavy atom. The number of hydrogen-bond donors (Lipinski definition) is 3. The van der Waals surface area contributed by atoms with Crippen LogP contribution in [0.25, 0.3) is 0 Å². The number of imide groups is 1. The summed E-state index contributed by atoms with van der Waals surface area (Å²) in [6.45, 7) is 15.3. The first-order chi connectivity index (χ1) is 23.3. The molecule has 5 fully saturated rings. The first kappa shape index (κ1) is 37.6. The third kappa shape index (κ3) is 6.96.